The molecule has 3 rings (SSSR count). The number of anilines is 1. The van der Waals surface area contributed by atoms with Crippen LogP contribution in [0.1, 0.15) is 13.3 Å². The number of thiazole rings is 1. The molecule has 7 nitrogen and oxygen atoms in total. The summed E-state index contributed by atoms with van der Waals surface area (Å²) in [6.45, 7) is 1.92. The molecule has 1 atom stereocenters. The van der Waals surface area contributed by atoms with E-state index in [9.17, 15) is 19.7 Å². The second-order valence-corrected chi connectivity index (χ2v) is 7.33. The van der Waals surface area contributed by atoms with Crippen LogP contribution in [-0.4, -0.2) is 32.7 Å². The highest BCUT2D eigenvalue weighted by atomic mass is 32.2. The molecule has 1 aliphatic heterocycles. The van der Waals surface area contributed by atoms with Gasteiger partial charge in [-0.3, -0.25) is 24.6 Å². The number of nitro groups is 1. The summed E-state index contributed by atoms with van der Waals surface area (Å²) in [5.74, 6) is -0.0766. The third-order valence-corrected chi connectivity index (χ3v) is 5.25. The monoisotopic (exact) mass is 337 g/mol. The third-order valence-electron chi connectivity index (χ3n) is 3.22. The van der Waals surface area contributed by atoms with Crippen molar-refractivity contribution in [3.8, 4) is 0 Å². The maximum atomic E-state index is 12.1. The first-order valence-electron chi connectivity index (χ1n) is 6.46. The van der Waals surface area contributed by atoms with Gasteiger partial charge in [0.15, 0.2) is 10.2 Å². The first kappa shape index (κ1) is 14.9. The standard InChI is InChI=1S/C13H11N3O4S2/c1-7(17)21-9-5-12(18)15(6-9)13-14-10-3-2-8(16(19)20)4-11(10)22-13/h2-4,9H,5-6H2,1H3. The van der Waals surface area contributed by atoms with E-state index in [1.54, 1.807) is 11.0 Å². The van der Waals surface area contributed by atoms with Crippen molar-refractivity contribution in [2.24, 2.45) is 0 Å². The normalized spacial score (nSPS) is 18.1. The van der Waals surface area contributed by atoms with Gasteiger partial charge in [-0.05, 0) is 6.07 Å². The van der Waals surface area contributed by atoms with E-state index in [4.69, 9.17) is 0 Å². The Morgan fingerprint density at radius 3 is 3.00 bits per heavy atom. The van der Waals surface area contributed by atoms with Crippen molar-refractivity contribution in [3.63, 3.8) is 0 Å². The fourth-order valence-electron chi connectivity index (χ4n) is 2.30. The molecular formula is C13H11N3O4S2. The molecule has 0 bridgehead atoms. The molecule has 0 spiro atoms. The van der Waals surface area contributed by atoms with Crippen LogP contribution < -0.4 is 4.90 Å². The third kappa shape index (κ3) is 2.81. The summed E-state index contributed by atoms with van der Waals surface area (Å²) in [5, 5.41) is 11.2. The average molecular weight is 337 g/mol. The molecule has 0 saturated carbocycles. The minimum Gasteiger partial charge on any atom is -0.288 e. The van der Waals surface area contributed by atoms with Crippen LogP contribution in [-0.2, 0) is 9.59 Å². The summed E-state index contributed by atoms with van der Waals surface area (Å²) < 4.78 is 0.666. The Balaban J connectivity index is 1.88. The Bertz CT molecular complexity index is 789. The number of fused-ring (bicyclic) bond motifs is 1. The van der Waals surface area contributed by atoms with E-state index in [-0.39, 0.29) is 22.0 Å². The van der Waals surface area contributed by atoms with Gasteiger partial charge in [-0.2, -0.15) is 0 Å². The van der Waals surface area contributed by atoms with Gasteiger partial charge in [0.05, 0.1) is 15.1 Å². The van der Waals surface area contributed by atoms with Crippen molar-refractivity contribution in [1.82, 2.24) is 4.98 Å². The number of non-ortho nitro benzene ring substituents is 1. The number of carbonyl (C=O) groups is 2. The number of aromatic nitrogens is 1. The number of carbonyl (C=O) groups excluding carboxylic acids is 2. The topological polar surface area (TPSA) is 93.4 Å². The number of nitro benzene ring substituents is 1. The molecule has 0 radical (unpaired) electrons. The zero-order valence-electron chi connectivity index (χ0n) is 11.5. The van der Waals surface area contributed by atoms with Gasteiger partial charge in [0.2, 0.25) is 5.91 Å². The van der Waals surface area contributed by atoms with Crippen molar-refractivity contribution in [1.29, 1.82) is 0 Å². The molecule has 2 aromatic rings. The van der Waals surface area contributed by atoms with Gasteiger partial charge in [0.25, 0.3) is 5.69 Å². The Hall–Kier alpha value is -2.00. The van der Waals surface area contributed by atoms with Crippen LogP contribution in [0.3, 0.4) is 0 Å². The number of nitrogens with zero attached hydrogens (tertiary/aromatic N) is 3. The molecule has 9 heteroatoms. The van der Waals surface area contributed by atoms with Gasteiger partial charge < -0.3 is 0 Å². The van der Waals surface area contributed by atoms with Crippen molar-refractivity contribution in [2.75, 3.05) is 11.4 Å². The zero-order valence-corrected chi connectivity index (χ0v) is 13.1. The minimum atomic E-state index is -0.459. The fraction of sp³-hybridized carbons (Fsp3) is 0.308. The Morgan fingerprint density at radius 2 is 2.32 bits per heavy atom. The predicted molar refractivity (Wildman–Crippen MR) is 85.3 cm³/mol. The molecule has 1 aliphatic rings. The summed E-state index contributed by atoms with van der Waals surface area (Å²) >= 11 is 2.41. The highest BCUT2D eigenvalue weighted by Crippen LogP contribution is 2.35. The Morgan fingerprint density at radius 1 is 1.55 bits per heavy atom. The zero-order chi connectivity index (χ0) is 15.9. The van der Waals surface area contributed by atoms with Crippen LogP contribution in [0.15, 0.2) is 18.2 Å². The van der Waals surface area contributed by atoms with E-state index in [0.717, 1.165) is 11.8 Å². The lowest BCUT2D eigenvalue weighted by Gasteiger charge is -2.11. The molecule has 1 aromatic heterocycles. The van der Waals surface area contributed by atoms with E-state index in [1.165, 1.54) is 30.4 Å². The SMILES string of the molecule is CC(=O)SC1CC(=O)N(c2nc3ccc([N+](=O)[O-])cc3s2)C1. The lowest BCUT2D eigenvalue weighted by Crippen LogP contribution is -2.24. The van der Waals surface area contributed by atoms with Gasteiger partial charge in [0, 0.05) is 37.3 Å². The maximum absolute atomic E-state index is 12.1. The van der Waals surface area contributed by atoms with Crippen LogP contribution >= 0.6 is 23.1 Å². The van der Waals surface area contributed by atoms with Crippen LogP contribution in [0, 0.1) is 10.1 Å². The number of amides is 1. The molecule has 22 heavy (non-hydrogen) atoms. The molecule has 1 unspecified atom stereocenters. The summed E-state index contributed by atoms with van der Waals surface area (Å²) in [5.41, 5.74) is 0.626. The molecule has 1 fully saturated rings. The van der Waals surface area contributed by atoms with E-state index < -0.39 is 4.92 Å². The summed E-state index contributed by atoms with van der Waals surface area (Å²) in [6, 6.07) is 4.43. The number of hydrogen-bond donors (Lipinski definition) is 0. The molecule has 2 heterocycles. The molecule has 0 aliphatic carbocycles. The van der Waals surface area contributed by atoms with Gasteiger partial charge in [-0.1, -0.05) is 23.1 Å². The van der Waals surface area contributed by atoms with Gasteiger partial charge >= 0.3 is 0 Å². The Kier molecular flexibility index (Phi) is 3.83. The lowest BCUT2D eigenvalue weighted by atomic mass is 10.3. The van der Waals surface area contributed by atoms with Crippen LogP contribution in [0.25, 0.3) is 10.2 Å². The predicted octanol–water partition coefficient (Wildman–Crippen LogP) is 2.59. The molecule has 0 N–H and O–H groups in total. The summed E-state index contributed by atoms with van der Waals surface area (Å²) in [7, 11) is 0. The second kappa shape index (κ2) is 5.65. The number of thioether (sulfide) groups is 1. The largest absolute Gasteiger partial charge is 0.288 e. The first-order valence-corrected chi connectivity index (χ1v) is 8.16. The van der Waals surface area contributed by atoms with E-state index >= 15 is 0 Å². The number of rotatable bonds is 3. The molecule has 1 saturated heterocycles. The molecule has 1 aromatic carbocycles. The van der Waals surface area contributed by atoms with Crippen molar-refractivity contribution >= 4 is 55.2 Å². The van der Waals surface area contributed by atoms with Crippen LogP contribution in [0.4, 0.5) is 10.8 Å². The smallest absolute Gasteiger partial charge is 0.270 e. The Labute approximate surface area is 133 Å². The van der Waals surface area contributed by atoms with Crippen molar-refractivity contribution in [3.05, 3.63) is 28.3 Å². The minimum absolute atomic E-state index is 0.000426. The molecular weight excluding hydrogens is 326 g/mol. The quantitative estimate of drug-likeness (QED) is 0.631. The summed E-state index contributed by atoms with van der Waals surface area (Å²) in [6.07, 6.45) is 0.306. The maximum Gasteiger partial charge on any atom is 0.270 e. The van der Waals surface area contributed by atoms with E-state index in [1.807, 2.05) is 0 Å². The summed E-state index contributed by atoms with van der Waals surface area (Å²) in [4.78, 5) is 39.5. The van der Waals surface area contributed by atoms with Gasteiger partial charge in [-0.25, -0.2) is 4.98 Å². The number of hydrogen-bond acceptors (Lipinski definition) is 7. The van der Waals surface area contributed by atoms with E-state index in [2.05, 4.69) is 4.98 Å². The van der Waals surface area contributed by atoms with Gasteiger partial charge in [-0.15, -0.1) is 0 Å². The van der Waals surface area contributed by atoms with Gasteiger partial charge in [0.1, 0.15) is 0 Å². The highest BCUT2D eigenvalue weighted by molar-refractivity contribution is 8.14. The van der Waals surface area contributed by atoms with Crippen LogP contribution in [0.5, 0.6) is 0 Å². The molecule has 1 amide bonds. The second-order valence-electron chi connectivity index (χ2n) is 4.85. The van der Waals surface area contributed by atoms with E-state index in [0.29, 0.717) is 28.3 Å². The van der Waals surface area contributed by atoms with Crippen molar-refractivity contribution < 1.29 is 14.5 Å². The van der Waals surface area contributed by atoms with Crippen molar-refractivity contribution in [2.45, 2.75) is 18.6 Å². The lowest BCUT2D eigenvalue weighted by molar-refractivity contribution is -0.384. The molecule has 114 valence electrons. The number of benzene rings is 1. The highest BCUT2D eigenvalue weighted by Gasteiger charge is 2.33. The van der Waals surface area contributed by atoms with Crippen LogP contribution in [0.2, 0.25) is 0 Å². The first-order chi connectivity index (χ1) is 10.4. The fourth-order valence-corrected chi connectivity index (χ4v) is 4.25. The average Bonchev–Trinajstić information content (AvgIpc) is 3.00.